The summed E-state index contributed by atoms with van der Waals surface area (Å²) in [5.41, 5.74) is 3.04. The zero-order valence-electron chi connectivity index (χ0n) is 22.8. The van der Waals surface area contributed by atoms with Crippen LogP contribution in [-0.4, -0.2) is 55.2 Å². The van der Waals surface area contributed by atoms with Crippen molar-refractivity contribution in [3.05, 3.63) is 107 Å². The lowest BCUT2D eigenvalue weighted by Gasteiger charge is -2.38. The van der Waals surface area contributed by atoms with Crippen molar-refractivity contribution in [2.24, 2.45) is 0 Å². The first-order valence-electron chi connectivity index (χ1n) is 12.7. The lowest BCUT2D eigenvalue weighted by Crippen LogP contribution is -2.32. The summed E-state index contributed by atoms with van der Waals surface area (Å²) in [6.07, 6.45) is -0.789. The van der Waals surface area contributed by atoms with E-state index in [1.165, 1.54) is 6.07 Å². The van der Waals surface area contributed by atoms with Gasteiger partial charge in [-0.2, -0.15) is 0 Å². The van der Waals surface area contributed by atoms with Crippen molar-refractivity contribution in [3.63, 3.8) is 0 Å². The third-order valence-electron chi connectivity index (χ3n) is 7.08. The van der Waals surface area contributed by atoms with Crippen molar-refractivity contribution in [2.75, 3.05) is 28.4 Å². The van der Waals surface area contributed by atoms with E-state index in [1.807, 2.05) is 36.4 Å². The minimum atomic E-state index is -0.789. The smallest absolute Gasteiger partial charge is 0.164 e. The van der Waals surface area contributed by atoms with Gasteiger partial charge < -0.3 is 39.4 Å². The van der Waals surface area contributed by atoms with Crippen LogP contribution in [0.4, 0.5) is 0 Å². The number of phenols is 4. The minimum absolute atomic E-state index is 0.108. The van der Waals surface area contributed by atoms with Crippen LogP contribution >= 0.6 is 0 Å². The second kappa shape index (κ2) is 12.6. The van der Waals surface area contributed by atoms with Crippen LogP contribution in [0.15, 0.2) is 84.9 Å². The number of rotatable bonds is 11. The average Bonchev–Trinajstić information content (AvgIpc) is 2.95. The van der Waals surface area contributed by atoms with Crippen molar-refractivity contribution >= 4 is 0 Å². The monoisotopic (exact) mass is 546 g/mol. The van der Waals surface area contributed by atoms with Gasteiger partial charge in [-0.15, -0.1) is 0 Å². The molecule has 0 radical (unpaired) electrons. The summed E-state index contributed by atoms with van der Waals surface area (Å²) in [7, 11) is 6.23. The Bertz CT molecular complexity index is 1310. The van der Waals surface area contributed by atoms with Crippen LogP contribution in [0.1, 0.15) is 40.0 Å². The second-order valence-corrected chi connectivity index (χ2v) is 9.48. The fraction of sp³-hybridized carbons (Fsp3) is 0.250. The molecule has 0 unspecified atom stereocenters. The predicted octanol–water partition coefficient (Wildman–Crippen LogP) is 5.84. The first-order chi connectivity index (χ1) is 19.3. The molecule has 0 bridgehead atoms. The summed E-state index contributed by atoms with van der Waals surface area (Å²) in [6, 6.07) is 23.7. The topological polar surface area (TPSA) is 118 Å². The SMILES string of the molecule is COc1cc(OC)cc([C@@H](C(OC)OC)[C@@H](c2cc(O)cc(O)c2)C(c2ccc(O)cc2)c2ccc(O)cc2)c1. The highest BCUT2D eigenvalue weighted by Gasteiger charge is 2.40. The van der Waals surface area contributed by atoms with Crippen molar-refractivity contribution in [1.82, 2.24) is 0 Å². The number of hydrogen-bond donors (Lipinski definition) is 4. The molecule has 4 aromatic carbocycles. The van der Waals surface area contributed by atoms with Crippen LogP contribution in [0, 0.1) is 0 Å². The van der Waals surface area contributed by atoms with Crippen LogP contribution in [0.25, 0.3) is 0 Å². The summed E-state index contributed by atoms with van der Waals surface area (Å²) in [4.78, 5) is 0. The maximum atomic E-state index is 10.6. The van der Waals surface area contributed by atoms with Gasteiger partial charge in [0.05, 0.1) is 14.2 Å². The molecule has 4 aromatic rings. The van der Waals surface area contributed by atoms with E-state index in [-0.39, 0.29) is 23.0 Å². The molecule has 0 fully saturated rings. The van der Waals surface area contributed by atoms with Gasteiger partial charge in [0.15, 0.2) is 6.29 Å². The molecule has 4 N–H and O–H groups in total. The zero-order chi connectivity index (χ0) is 28.8. The third kappa shape index (κ3) is 6.25. The highest BCUT2D eigenvalue weighted by atomic mass is 16.7. The summed E-state index contributed by atoms with van der Waals surface area (Å²) in [5, 5.41) is 41.3. The van der Waals surface area contributed by atoms with E-state index >= 15 is 0 Å². The van der Waals surface area contributed by atoms with E-state index in [9.17, 15) is 20.4 Å². The molecular weight excluding hydrogens is 512 g/mol. The maximum Gasteiger partial charge on any atom is 0.164 e. The number of benzene rings is 4. The van der Waals surface area contributed by atoms with Crippen LogP contribution in [0.2, 0.25) is 0 Å². The molecular formula is C32H34O8. The molecule has 0 spiro atoms. The molecule has 0 amide bonds. The highest BCUT2D eigenvalue weighted by Crippen LogP contribution is 2.51. The molecule has 2 atom stereocenters. The van der Waals surface area contributed by atoms with Gasteiger partial charge in [-0.3, -0.25) is 0 Å². The van der Waals surface area contributed by atoms with E-state index in [0.717, 1.165) is 16.7 Å². The number of aromatic hydroxyl groups is 4. The van der Waals surface area contributed by atoms with Crippen LogP contribution < -0.4 is 9.47 Å². The van der Waals surface area contributed by atoms with Gasteiger partial charge >= 0.3 is 0 Å². The Morgan fingerprint density at radius 2 is 0.875 bits per heavy atom. The van der Waals surface area contributed by atoms with Gasteiger partial charge in [-0.25, -0.2) is 0 Å². The summed E-state index contributed by atoms with van der Waals surface area (Å²) in [5.74, 6) is -0.380. The Labute approximate surface area is 233 Å². The molecule has 0 aliphatic carbocycles. The molecule has 0 aliphatic heterocycles. The fourth-order valence-corrected chi connectivity index (χ4v) is 5.33. The minimum Gasteiger partial charge on any atom is -0.508 e. The summed E-state index contributed by atoms with van der Waals surface area (Å²) < 4.78 is 22.9. The molecule has 40 heavy (non-hydrogen) atoms. The number of phenolic OH excluding ortho intramolecular Hbond substituents is 4. The molecule has 4 rings (SSSR count). The maximum absolute atomic E-state index is 10.6. The summed E-state index contributed by atoms with van der Waals surface area (Å²) in [6.45, 7) is 0. The van der Waals surface area contributed by atoms with E-state index in [0.29, 0.717) is 17.1 Å². The molecule has 0 aliphatic rings. The lowest BCUT2D eigenvalue weighted by molar-refractivity contribution is -0.123. The quantitative estimate of drug-likeness (QED) is 0.173. The van der Waals surface area contributed by atoms with Gasteiger partial charge in [-0.1, -0.05) is 24.3 Å². The van der Waals surface area contributed by atoms with E-state index in [4.69, 9.17) is 18.9 Å². The Morgan fingerprint density at radius 3 is 1.27 bits per heavy atom. The summed E-state index contributed by atoms with van der Waals surface area (Å²) >= 11 is 0. The molecule has 8 nitrogen and oxygen atoms in total. The van der Waals surface area contributed by atoms with E-state index < -0.39 is 24.0 Å². The molecule has 0 saturated carbocycles. The normalized spacial score (nSPS) is 12.8. The Hall–Kier alpha value is -4.40. The molecule has 0 aromatic heterocycles. The van der Waals surface area contributed by atoms with E-state index in [2.05, 4.69) is 0 Å². The molecule has 8 heteroatoms. The standard InChI is InChI=1S/C32H34O8/c1-37-27-15-22(16-28(18-27)38-2)31(32(39-3)40-4)30(21-13-25(35)17-26(36)14-21)29(19-5-9-23(33)10-6-19)20-7-11-24(34)12-8-20/h5-18,29-36H,1-4H3/t30-,31+/m0/s1. The zero-order valence-corrected chi connectivity index (χ0v) is 22.8. The van der Waals surface area contributed by atoms with Crippen molar-refractivity contribution < 1.29 is 39.4 Å². The second-order valence-electron chi connectivity index (χ2n) is 9.48. The predicted molar refractivity (Wildman–Crippen MR) is 151 cm³/mol. The lowest BCUT2D eigenvalue weighted by atomic mass is 9.68. The van der Waals surface area contributed by atoms with Crippen molar-refractivity contribution in [2.45, 2.75) is 24.0 Å². The van der Waals surface area contributed by atoms with E-state index in [1.54, 1.807) is 70.9 Å². The van der Waals surface area contributed by atoms with Gasteiger partial charge in [0.1, 0.15) is 34.5 Å². The number of methoxy groups -OCH3 is 4. The van der Waals surface area contributed by atoms with Gasteiger partial charge in [0.25, 0.3) is 0 Å². The van der Waals surface area contributed by atoms with Crippen molar-refractivity contribution in [1.29, 1.82) is 0 Å². The Balaban J connectivity index is 2.09. The molecule has 0 saturated heterocycles. The number of hydrogen-bond acceptors (Lipinski definition) is 8. The largest absolute Gasteiger partial charge is 0.508 e. The van der Waals surface area contributed by atoms with Gasteiger partial charge in [-0.05, 0) is 70.8 Å². The third-order valence-corrected chi connectivity index (χ3v) is 7.08. The van der Waals surface area contributed by atoms with Gasteiger partial charge in [0.2, 0.25) is 0 Å². The van der Waals surface area contributed by atoms with Crippen LogP contribution in [-0.2, 0) is 9.47 Å². The Kier molecular flexibility index (Phi) is 9.04. The number of ether oxygens (including phenoxy) is 4. The van der Waals surface area contributed by atoms with Crippen LogP contribution in [0.3, 0.4) is 0 Å². The van der Waals surface area contributed by atoms with Gasteiger partial charge in [0, 0.05) is 44.1 Å². The first-order valence-corrected chi connectivity index (χ1v) is 12.7. The Morgan fingerprint density at radius 1 is 0.450 bits per heavy atom. The van der Waals surface area contributed by atoms with Crippen LogP contribution in [0.5, 0.6) is 34.5 Å². The average molecular weight is 547 g/mol. The van der Waals surface area contributed by atoms with Crippen molar-refractivity contribution in [3.8, 4) is 34.5 Å². The highest BCUT2D eigenvalue weighted by molar-refractivity contribution is 5.49. The molecule has 210 valence electrons. The first kappa shape index (κ1) is 28.6. The molecule has 0 heterocycles. The fourth-order valence-electron chi connectivity index (χ4n) is 5.33.